The molecule has 0 aromatic heterocycles. The van der Waals surface area contributed by atoms with Gasteiger partial charge in [-0.2, -0.15) is 28.6 Å². The summed E-state index contributed by atoms with van der Waals surface area (Å²) in [5, 5.41) is 0. The van der Waals surface area contributed by atoms with E-state index in [2.05, 4.69) is 0 Å². The van der Waals surface area contributed by atoms with Crippen LogP contribution in [-0.2, 0) is 20.2 Å². The second-order valence-corrected chi connectivity index (χ2v) is 6.55. The van der Waals surface area contributed by atoms with Crippen molar-refractivity contribution in [2.45, 2.75) is 0 Å². The molecule has 13 heavy (non-hydrogen) atoms. The fourth-order valence-corrected chi connectivity index (χ4v) is 3.26. The molecule has 0 amide bonds. The van der Waals surface area contributed by atoms with Crippen LogP contribution >= 0.6 is 11.8 Å². The van der Waals surface area contributed by atoms with E-state index in [0.29, 0.717) is 0 Å². The highest BCUT2D eigenvalue weighted by Gasteiger charge is 2.06. The fourth-order valence-electron chi connectivity index (χ4n) is 0.431. The molecule has 0 aliphatic rings. The third-order valence-corrected chi connectivity index (χ3v) is 3.91. The molecule has 0 radical (unpaired) electrons. The normalized spacial score (nSPS) is 13.1. The summed E-state index contributed by atoms with van der Waals surface area (Å²) in [6, 6.07) is 0. The van der Waals surface area contributed by atoms with Gasteiger partial charge in [0.15, 0.2) is 0 Å². The molecule has 0 unspecified atom stereocenters. The van der Waals surface area contributed by atoms with E-state index in [4.69, 9.17) is 9.11 Å². The van der Waals surface area contributed by atoms with Crippen LogP contribution in [0.1, 0.15) is 0 Å². The van der Waals surface area contributed by atoms with Gasteiger partial charge in [0.25, 0.3) is 20.2 Å². The van der Waals surface area contributed by atoms with E-state index >= 15 is 0 Å². The number of thioether (sulfide) groups is 1. The molecule has 0 bridgehead atoms. The van der Waals surface area contributed by atoms with Crippen molar-refractivity contribution in [3.8, 4) is 0 Å². The highest BCUT2D eigenvalue weighted by Crippen LogP contribution is 2.02. The summed E-state index contributed by atoms with van der Waals surface area (Å²) in [6.45, 7) is 0. The molecule has 6 nitrogen and oxygen atoms in total. The first-order chi connectivity index (χ1) is 5.71. The van der Waals surface area contributed by atoms with Crippen LogP contribution in [0.15, 0.2) is 0 Å². The summed E-state index contributed by atoms with van der Waals surface area (Å²) in [5.41, 5.74) is 0. The summed E-state index contributed by atoms with van der Waals surface area (Å²) < 4.78 is 57.2. The molecule has 9 heteroatoms. The zero-order chi connectivity index (χ0) is 10.5. The Kier molecular flexibility index (Phi) is 5.22. The van der Waals surface area contributed by atoms with Crippen LogP contribution in [0.25, 0.3) is 0 Å². The van der Waals surface area contributed by atoms with Gasteiger partial charge in [-0.05, 0) is 0 Å². The molecule has 0 fully saturated rings. The molecule has 0 aromatic carbocycles. The SMILES string of the molecule is O=S(=O)(O)CCSCCS(=O)(=O)O. The molecule has 0 saturated carbocycles. The van der Waals surface area contributed by atoms with Gasteiger partial charge in [-0.15, -0.1) is 0 Å². The smallest absolute Gasteiger partial charge is 0.265 e. The van der Waals surface area contributed by atoms with Gasteiger partial charge < -0.3 is 0 Å². The van der Waals surface area contributed by atoms with Gasteiger partial charge in [0.2, 0.25) is 0 Å². The van der Waals surface area contributed by atoms with E-state index in [0.717, 1.165) is 11.8 Å². The van der Waals surface area contributed by atoms with Gasteiger partial charge in [-0.3, -0.25) is 9.11 Å². The Balaban J connectivity index is 3.50. The van der Waals surface area contributed by atoms with Crippen molar-refractivity contribution in [2.24, 2.45) is 0 Å². The molecular weight excluding hydrogens is 240 g/mol. The number of hydrogen-bond donors (Lipinski definition) is 2. The Bertz CT molecular complexity index is 293. The van der Waals surface area contributed by atoms with Gasteiger partial charge in [0.1, 0.15) is 0 Å². The van der Waals surface area contributed by atoms with E-state index in [9.17, 15) is 16.8 Å². The summed E-state index contributed by atoms with van der Waals surface area (Å²) in [4.78, 5) is 0. The fraction of sp³-hybridized carbons (Fsp3) is 1.00. The van der Waals surface area contributed by atoms with E-state index in [1.165, 1.54) is 0 Å². The zero-order valence-corrected chi connectivity index (χ0v) is 9.03. The summed E-state index contributed by atoms with van der Waals surface area (Å²) in [5.74, 6) is -0.616. The minimum atomic E-state index is -3.97. The quantitative estimate of drug-likeness (QED) is 0.483. The Morgan fingerprint density at radius 3 is 1.38 bits per heavy atom. The average molecular weight is 250 g/mol. The monoisotopic (exact) mass is 250 g/mol. The Morgan fingerprint density at radius 1 is 0.846 bits per heavy atom. The second kappa shape index (κ2) is 5.15. The molecular formula is C4H10O6S3. The molecule has 0 saturated heterocycles. The van der Waals surface area contributed by atoms with Gasteiger partial charge in [-0.1, -0.05) is 0 Å². The average Bonchev–Trinajstić information content (AvgIpc) is 1.81. The molecule has 0 aliphatic carbocycles. The molecule has 0 heterocycles. The van der Waals surface area contributed by atoms with Gasteiger partial charge in [-0.25, -0.2) is 0 Å². The molecule has 0 atom stereocenters. The maximum absolute atomic E-state index is 10.2. The molecule has 2 N–H and O–H groups in total. The van der Waals surface area contributed by atoms with E-state index < -0.39 is 31.7 Å². The van der Waals surface area contributed by atoms with E-state index in [1.54, 1.807) is 0 Å². The highest BCUT2D eigenvalue weighted by atomic mass is 32.2. The lowest BCUT2D eigenvalue weighted by Gasteiger charge is -1.97. The summed E-state index contributed by atoms with van der Waals surface area (Å²) >= 11 is 1.03. The lowest BCUT2D eigenvalue weighted by atomic mass is 10.9. The van der Waals surface area contributed by atoms with Crippen LogP contribution < -0.4 is 0 Å². The predicted molar refractivity (Wildman–Crippen MR) is 50.2 cm³/mol. The lowest BCUT2D eigenvalue weighted by molar-refractivity contribution is 0.483. The minimum Gasteiger partial charge on any atom is -0.286 e. The van der Waals surface area contributed by atoms with Crippen molar-refractivity contribution >= 4 is 32.0 Å². The lowest BCUT2D eigenvalue weighted by Crippen LogP contribution is -2.09. The maximum Gasteiger partial charge on any atom is 0.265 e. The van der Waals surface area contributed by atoms with Crippen LogP contribution in [-0.4, -0.2) is 49.0 Å². The van der Waals surface area contributed by atoms with Crippen molar-refractivity contribution in [2.75, 3.05) is 23.0 Å². The third-order valence-electron chi connectivity index (χ3n) is 0.971. The Labute approximate surface area is 81.2 Å². The van der Waals surface area contributed by atoms with Gasteiger partial charge >= 0.3 is 0 Å². The molecule has 0 rings (SSSR count). The Morgan fingerprint density at radius 2 is 1.15 bits per heavy atom. The van der Waals surface area contributed by atoms with Gasteiger partial charge in [0, 0.05) is 11.5 Å². The highest BCUT2D eigenvalue weighted by molar-refractivity contribution is 8.01. The van der Waals surface area contributed by atoms with Crippen molar-refractivity contribution < 1.29 is 25.9 Å². The predicted octanol–water partition coefficient (Wildman–Crippen LogP) is -0.505. The molecule has 0 aliphatic heterocycles. The summed E-state index contributed by atoms with van der Waals surface area (Å²) in [7, 11) is -7.95. The van der Waals surface area contributed by atoms with Crippen LogP contribution in [0.4, 0.5) is 0 Å². The minimum absolute atomic E-state index is 0.106. The standard InChI is InChI=1S/C4H10O6S3/c5-12(6,7)3-1-11-2-4-13(8,9)10/h1-4H2,(H,5,6,7)(H,8,9,10). The Hall–Kier alpha value is 0.170. The van der Waals surface area contributed by atoms with E-state index in [-0.39, 0.29) is 11.5 Å². The first kappa shape index (κ1) is 13.2. The number of rotatable bonds is 6. The molecule has 80 valence electrons. The third kappa shape index (κ3) is 12.2. The first-order valence-corrected chi connectivity index (χ1v) is 7.56. The van der Waals surface area contributed by atoms with E-state index in [1.807, 2.05) is 0 Å². The van der Waals surface area contributed by atoms with Crippen LogP contribution in [0, 0.1) is 0 Å². The van der Waals surface area contributed by atoms with Gasteiger partial charge in [0.05, 0.1) is 11.5 Å². The summed E-state index contributed by atoms with van der Waals surface area (Å²) in [6.07, 6.45) is 0. The maximum atomic E-state index is 10.2. The zero-order valence-electron chi connectivity index (χ0n) is 6.58. The topological polar surface area (TPSA) is 109 Å². The first-order valence-electron chi connectivity index (χ1n) is 3.19. The largest absolute Gasteiger partial charge is 0.286 e. The van der Waals surface area contributed by atoms with Crippen molar-refractivity contribution in [1.82, 2.24) is 0 Å². The second-order valence-electron chi connectivity index (χ2n) is 2.18. The van der Waals surface area contributed by atoms with Crippen molar-refractivity contribution in [1.29, 1.82) is 0 Å². The molecule has 0 aromatic rings. The van der Waals surface area contributed by atoms with Crippen LogP contribution in [0.3, 0.4) is 0 Å². The van der Waals surface area contributed by atoms with Crippen LogP contribution in [0.5, 0.6) is 0 Å². The van der Waals surface area contributed by atoms with Crippen molar-refractivity contribution in [3.05, 3.63) is 0 Å². The van der Waals surface area contributed by atoms with Crippen LogP contribution in [0.2, 0.25) is 0 Å². The number of hydrogen-bond acceptors (Lipinski definition) is 5. The molecule has 0 spiro atoms. The van der Waals surface area contributed by atoms with Crippen molar-refractivity contribution in [3.63, 3.8) is 0 Å².